The Morgan fingerprint density at radius 3 is 2.42 bits per heavy atom. The van der Waals surface area contributed by atoms with Crippen molar-refractivity contribution in [3.8, 4) is 5.75 Å². The third kappa shape index (κ3) is 6.08. The Labute approximate surface area is 156 Å². The summed E-state index contributed by atoms with van der Waals surface area (Å²) >= 11 is 0. The topological polar surface area (TPSA) is 44.8 Å². The Morgan fingerprint density at radius 2 is 1.81 bits per heavy atom. The summed E-state index contributed by atoms with van der Waals surface area (Å²) in [6, 6.07) is 15.7. The van der Waals surface area contributed by atoms with Crippen LogP contribution in [0.1, 0.15) is 18.1 Å². The molecule has 2 aromatic rings. The Balaban J connectivity index is 2.09. The number of ether oxygens (including phenoxy) is 1. The van der Waals surface area contributed by atoms with Crippen molar-refractivity contribution in [2.45, 2.75) is 20.4 Å². The standard InChI is InChI=1S/C21H29N3O2/c1-5-26-19-11-12-20(17(2)15-19)22-21(25)24(14-13-23(3)4)16-18-9-7-6-8-10-18/h6-12,15H,5,13-14,16H2,1-4H3,(H,22,25). The molecular weight excluding hydrogens is 326 g/mol. The van der Waals surface area contributed by atoms with Crippen molar-refractivity contribution in [2.24, 2.45) is 0 Å². The van der Waals surface area contributed by atoms with Crippen LogP contribution in [0.4, 0.5) is 10.5 Å². The fraction of sp³-hybridized carbons (Fsp3) is 0.381. The monoisotopic (exact) mass is 355 g/mol. The molecule has 2 rings (SSSR count). The first-order valence-corrected chi connectivity index (χ1v) is 8.97. The van der Waals surface area contributed by atoms with E-state index in [2.05, 4.69) is 10.2 Å². The highest BCUT2D eigenvalue weighted by Crippen LogP contribution is 2.22. The molecule has 140 valence electrons. The normalized spacial score (nSPS) is 10.7. The van der Waals surface area contributed by atoms with E-state index in [1.807, 2.05) is 81.4 Å². The molecule has 0 fully saturated rings. The van der Waals surface area contributed by atoms with E-state index in [9.17, 15) is 4.79 Å². The van der Waals surface area contributed by atoms with Crippen LogP contribution in [0.15, 0.2) is 48.5 Å². The summed E-state index contributed by atoms with van der Waals surface area (Å²) in [4.78, 5) is 16.8. The molecule has 5 nitrogen and oxygen atoms in total. The quantitative estimate of drug-likeness (QED) is 0.779. The molecule has 0 saturated carbocycles. The molecule has 1 N–H and O–H groups in total. The molecule has 0 bridgehead atoms. The molecule has 0 aliphatic heterocycles. The van der Waals surface area contributed by atoms with Gasteiger partial charge in [-0.1, -0.05) is 30.3 Å². The van der Waals surface area contributed by atoms with E-state index < -0.39 is 0 Å². The van der Waals surface area contributed by atoms with Crippen molar-refractivity contribution in [1.82, 2.24) is 9.80 Å². The summed E-state index contributed by atoms with van der Waals surface area (Å²) in [5.41, 5.74) is 2.91. The van der Waals surface area contributed by atoms with Crippen LogP contribution in [-0.4, -0.2) is 49.6 Å². The zero-order valence-electron chi connectivity index (χ0n) is 16.2. The Kier molecular flexibility index (Phi) is 7.48. The first-order chi connectivity index (χ1) is 12.5. The molecule has 0 radical (unpaired) electrons. The molecule has 2 amide bonds. The number of amides is 2. The van der Waals surface area contributed by atoms with E-state index in [1.165, 1.54) is 0 Å². The summed E-state index contributed by atoms with van der Waals surface area (Å²) in [6.07, 6.45) is 0. The zero-order valence-corrected chi connectivity index (χ0v) is 16.2. The number of anilines is 1. The number of urea groups is 1. The summed E-state index contributed by atoms with van der Waals surface area (Å²) in [5.74, 6) is 0.816. The van der Waals surface area contributed by atoms with Gasteiger partial charge in [0.1, 0.15) is 5.75 Å². The number of rotatable bonds is 8. The first-order valence-electron chi connectivity index (χ1n) is 8.97. The molecule has 5 heteroatoms. The van der Waals surface area contributed by atoms with Crippen LogP contribution in [0.3, 0.4) is 0 Å². The maximum atomic E-state index is 12.9. The van der Waals surface area contributed by atoms with Crippen LogP contribution in [0.25, 0.3) is 0 Å². The van der Waals surface area contributed by atoms with Crippen molar-refractivity contribution in [3.05, 3.63) is 59.7 Å². The second-order valence-electron chi connectivity index (χ2n) is 6.55. The number of likely N-dealkylation sites (N-methyl/N-ethyl adjacent to an activating group) is 1. The highest BCUT2D eigenvalue weighted by Gasteiger charge is 2.15. The number of carbonyl (C=O) groups is 1. The Hall–Kier alpha value is -2.53. The highest BCUT2D eigenvalue weighted by atomic mass is 16.5. The first kappa shape index (κ1) is 19.8. The number of nitrogens with zero attached hydrogens (tertiary/aromatic N) is 2. The Bertz CT molecular complexity index is 702. The molecule has 0 saturated heterocycles. The van der Waals surface area contributed by atoms with Crippen LogP contribution in [0, 0.1) is 6.92 Å². The number of benzene rings is 2. The minimum atomic E-state index is -0.0945. The van der Waals surface area contributed by atoms with E-state index in [4.69, 9.17) is 4.74 Å². The van der Waals surface area contributed by atoms with Crippen molar-refractivity contribution in [2.75, 3.05) is 39.1 Å². The lowest BCUT2D eigenvalue weighted by molar-refractivity contribution is 0.202. The number of hydrogen-bond donors (Lipinski definition) is 1. The van der Waals surface area contributed by atoms with Crippen LogP contribution in [-0.2, 0) is 6.54 Å². The predicted octanol–water partition coefficient (Wildman–Crippen LogP) is 3.99. The van der Waals surface area contributed by atoms with Crippen molar-refractivity contribution >= 4 is 11.7 Å². The van der Waals surface area contributed by atoms with Crippen molar-refractivity contribution in [1.29, 1.82) is 0 Å². The van der Waals surface area contributed by atoms with Gasteiger partial charge in [-0.2, -0.15) is 0 Å². The lowest BCUT2D eigenvalue weighted by Crippen LogP contribution is -2.39. The van der Waals surface area contributed by atoms with Gasteiger partial charge in [-0.25, -0.2) is 4.79 Å². The third-order valence-corrected chi connectivity index (χ3v) is 4.07. The van der Waals surface area contributed by atoms with E-state index in [-0.39, 0.29) is 6.03 Å². The van der Waals surface area contributed by atoms with Crippen LogP contribution in [0.2, 0.25) is 0 Å². The van der Waals surface area contributed by atoms with Gasteiger partial charge < -0.3 is 19.9 Å². The molecule has 0 atom stereocenters. The average Bonchev–Trinajstić information content (AvgIpc) is 2.61. The van der Waals surface area contributed by atoms with Crippen LogP contribution < -0.4 is 10.1 Å². The number of nitrogens with one attached hydrogen (secondary N) is 1. The number of aryl methyl sites for hydroxylation is 1. The summed E-state index contributed by atoms with van der Waals surface area (Å²) in [5, 5.41) is 3.04. The van der Waals surface area contributed by atoms with E-state index in [0.717, 1.165) is 29.1 Å². The number of hydrogen-bond acceptors (Lipinski definition) is 3. The summed E-state index contributed by atoms with van der Waals surface area (Å²) in [6.45, 7) is 6.60. The molecular formula is C21H29N3O2. The van der Waals surface area contributed by atoms with Crippen LogP contribution in [0.5, 0.6) is 5.75 Å². The molecule has 0 spiro atoms. The van der Waals surface area contributed by atoms with Gasteiger partial charge in [-0.3, -0.25) is 0 Å². The van der Waals surface area contributed by atoms with E-state index >= 15 is 0 Å². The van der Waals surface area contributed by atoms with E-state index in [1.54, 1.807) is 0 Å². The van der Waals surface area contributed by atoms with Crippen molar-refractivity contribution in [3.63, 3.8) is 0 Å². The molecule has 0 aliphatic rings. The largest absolute Gasteiger partial charge is 0.494 e. The summed E-state index contributed by atoms with van der Waals surface area (Å²) in [7, 11) is 4.02. The van der Waals surface area contributed by atoms with Gasteiger partial charge in [0.15, 0.2) is 0 Å². The fourth-order valence-electron chi connectivity index (χ4n) is 2.60. The Morgan fingerprint density at radius 1 is 1.08 bits per heavy atom. The van der Waals surface area contributed by atoms with Gasteiger partial charge in [0, 0.05) is 25.3 Å². The fourth-order valence-corrected chi connectivity index (χ4v) is 2.60. The molecule has 2 aromatic carbocycles. The average molecular weight is 355 g/mol. The van der Waals surface area contributed by atoms with E-state index in [0.29, 0.717) is 19.7 Å². The van der Waals surface area contributed by atoms with Gasteiger partial charge in [0.2, 0.25) is 0 Å². The van der Waals surface area contributed by atoms with Gasteiger partial charge >= 0.3 is 6.03 Å². The SMILES string of the molecule is CCOc1ccc(NC(=O)N(CCN(C)C)Cc2ccccc2)c(C)c1. The minimum absolute atomic E-state index is 0.0945. The minimum Gasteiger partial charge on any atom is -0.494 e. The third-order valence-electron chi connectivity index (χ3n) is 4.07. The molecule has 0 aliphatic carbocycles. The second-order valence-corrected chi connectivity index (χ2v) is 6.55. The predicted molar refractivity (Wildman–Crippen MR) is 107 cm³/mol. The van der Waals surface area contributed by atoms with Crippen LogP contribution >= 0.6 is 0 Å². The van der Waals surface area contributed by atoms with Crippen molar-refractivity contribution < 1.29 is 9.53 Å². The smallest absolute Gasteiger partial charge is 0.322 e. The molecule has 0 aromatic heterocycles. The van der Waals surface area contributed by atoms with Gasteiger partial charge in [-0.05, 0) is 57.3 Å². The molecule has 0 heterocycles. The summed E-state index contributed by atoms with van der Waals surface area (Å²) < 4.78 is 5.51. The lowest BCUT2D eigenvalue weighted by atomic mass is 10.2. The molecule has 0 unspecified atom stereocenters. The number of carbonyl (C=O) groups excluding carboxylic acids is 1. The highest BCUT2D eigenvalue weighted by molar-refractivity contribution is 5.90. The van der Waals surface area contributed by atoms with Gasteiger partial charge in [0.05, 0.1) is 6.61 Å². The molecule has 26 heavy (non-hydrogen) atoms. The second kappa shape index (κ2) is 9.82. The maximum Gasteiger partial charge on any atom is 0.322 e. The van der Waals surface area contributed by atoms with Gasteiger partial charge in [0.25, 0.3) is 0 Å². The maximum absolute atomic E-state index is 12.9. The van der Waals surface area contributed by atoms with Gasteiger partial charge in [-0.15, -0.1) is 0 Å². The zero-order chi connectivity index (χ0) is 18.9. The lowest BCUT2D eigenvalue weighted by Gasteiger charge is -2.25.